The Hall–Kier alpha value is -0.680. The third-order valence-corrected chi connectivity index (χ3v) is 3.65. The van der Waals surface area contributed by atoms with Gasteiger partial charge in [0.15, 0.2) is 0 Å². The zero-order chi connectivity index (χ0) is 11.1. The maximum absolute atomic E-state index is 11.5. The van der Waals surface area contributed by atoms with Crippen LogP contribution in [-0.4, -0.2) is 24.1 Å². The van der Waals surface area contributed by atoms with Gasteiger partial charge in [0.05, 0.1) is 12.3 Å². The third-order valence-electron chi connectivity index (χ3n) is 1.75. The lowest BCUT2D eigenvalue weighted by Gasteiger charge is -2.03. The van der Waals surface area contributed by atoms with Gasteiger partial charge in [-0.1, -0.05) is 6.92 Å². The summed E-state index contributed by atoms with van der Waals surface area (Å²) < 4.78 is 5.09. The molecule has 0 bridgehead atoms. The Balaban J connectivity index is 2.22. The van der Waals surface area contributed by atoms with E-state index in [2.05, 4.69) is 6.92 Å². The molecule has 3 nitrogen and oxygen atoms in total. The first kappa shape index (κ1) is 12.4. The molecule has 0 aliphatic heterocycles. The molecular formula is C10H15NO2S2. The number of thioether (sulfide) groups is 1. The Morgan fingerprint density at radius 3 is 3.07 bits per heavy atom. The number of esters is 1. The van der Waals surface area contributed by atoms with Crippen molar-refractivity contribution in [3.05, 3.63) is 16.3 Å². The predicted molar refractivity (Wildman–Crippen MR) is 66.6 cm³/mol. The topological polar surface area (TPSA) is 52.3 Å². The molecule has 0 aliphatic carbocycles. The first-order valence-electron chi connectivity index (χ1n) is 4.83. The van der Waals surface area contributed by atoms with Gasteiger partial charge in [-0.05, 0) is 29.4 Å². The maximum Gasteiger partial charge on any atom is 0.350 e. The lowest BCUT2D eigenvalue weighted by atomic mass is 10.4. The van der Waals surface area contributed by atoms with Crippen molar-refractivity contribution in [2.45, 2.75) is 13.3 Å². The monoisotopic (exact) mass is 245 g/mol. The van der Waals surface area contributed by atoms with Crippen molar-refractivity contribution in [3.63, 3.8) is 0 Å². The molecular weight excluding hydrogens is 230 g/mol. The van der Waals surface area contributed by atoms with Crippen LogP contribution >= 0.6 is 23.1 Å². The van der Waals surface area contributed by atoms with Gasteiger partial charge >= 0.3 is 5.97 Å². The SMILES string of the molecule is CCSCCCOC(=O)c1sccc1N. The summed E-state index contributed by atoms with van der Waals surface area (Å²) in [5.74, 6) is 1.83. The molecule has 0 saturated heterocycles. The smallest absolute Gasteiger partial charge is 0.350 e. The minimum atomic E-state index is -0.302. The van der Waals surface area contributed by atoms with E-state index in [1.54, 1.807) is 11.4 Å². The normalized spacial score (nSPS) is 10.2. The number of hydrogen-bond donors (Lipinski definition) is 1. The predicted octanol–water partition coefficient (Wildman–Crippen LogP) is 2.63. The van der Waals surface area contributed by atoms with E-state index in [4.69, 9.17) is 10.5 Å². The lowest BCUT2D eigenvalue weighted by Crippen LogP contribution is -2.07. The Bertz CT molecular complexity index is 312. The lowest BCUT2D eigenvalue weighted by molar-refractivity contribution is 0.0513. The van der Waals surface area contributed by atoms with Crippen LogP contribution in [0.5, 0.6) is 0 Å². The standard InChI is InChI=1S/C10H15NO2S2/c1-2-14-6-3-5-13-10(12)9-8(11)4-7-15-9/h4,7H,2-3,5-6,11H2,1H3. The molecule has 1 rings (SSSR count). The van der Waals surface area contributed by atoms with Crippen LogP contribution in [-0.2, 0) is 4.74 Å². The minimum Gasteiger partial charge on any atom is -0.461 e. The molecule has 1 aromatic heterocycles. The van der Waals surface area contributed by atoms with E-state index in [0.29, 0.717) is 17.2 Å². The van der Waals surface area contributed by atoms with Crippen molar-refractivity contribution in [2.75, 3.05) is 23.8 Å². The number of carbonyl (C=O) groups excluding carboxylic acids is 1. The highest BCUT2D eigenvalue weighted by atomic mass is 32.2. The van der Waals surface area contributed by atoms with Crippen molar-refractivity contribution in [3.8, 4) is 0 Å². The average Bonchev–Trinajstić information content (AvgIpc) is 2.64. The van der Waals surface area contributed by atoms with Crippen LogP contribution in [0.1, 0.15) is 23.0 Å². The van der Waals surface area contributed by atoms with Crippen molar-refractivity contribution in [2.24, 2.45) is 0 Å². The number of thiophene rings is 1. The molecule has 0 unspecified atom stereocenters. The van der Waals surface area contributed by atoms with Crippen LogP contribution in [0.3, 0.4) is 0 Å². The number of nitrogen functional groups attached to an aromatic ring is 1. The summed E-state index contributed by atoms with van der Waals surface area (Å²) in [5.41, 5.74) is 6.11. The first-order chi connectivity index (χ1) is 7.25. The Labute approximate surface area is 98.0 Å². The molecule has 2 N–H and O–H groups in total. The van der Waals surface area contributed by atoms with Gasteiger partial charge in [-0.3, -0.25) is 0 Å². The summed E-state index contributed by atoms with van der Waals surface area (Å²) >= 11 is 3.17. The average molecular weight is 245 g/mol. The molecule has 1 aromatic rings. The Morgan fingerprint density at radius 1 is 1.67 bits per heavy atom. The van der Waals surface area contributed by atoms with E-state index in [1.807, 2.05) is 11.8 Å². The summed E-state index contributed by atoms with van der Waals surface area (Å²) in [6.07, 6.45) is 0.898. The van der Waals surface area contributed by atoms with Crippen molar-refractivity contribution >= 4 is 34.8 Å². The zero-order valence-electron chi connectivity index (χ0n) is 8.69. The molecule has 0 spiro atoms. The van der Waals surface area contributed by atoms with E-state index in [9.17, 15) is 4.79 Å². The van der Waals surface area contributed by atoms with Gasteiger partial charge in [0.25, 0.3) is 0 Å². The number of ether oxygens (including phenoxy) is 1. The molecule has 0 saturated carbocycles. The highest BCUT2D eigenvalue weighted by Gasteiger charge is 2.11. The summed E-state index contributed by atoms with van der Waals surface area (Å²) in [7, 11) is 0. The van der Waals surface area contributed by atoms with E-state index in [1.165, 1.54) is 11.3 Å². The summed E-state index contributed by atoms with van der Waals surface area (Å²) in [6, 6.07) is 1.72. The molecule has 0 amide bonds. The number of anilines is 1. The molecule has 1 heterocycles. The van der Waals surface area contributed by atoms with E-state index >= 15 is 0 Å². The molecule has 0 radical (unpaired) electrons. The maximum atomic E-state index is 11.5. The molecule has 0 aliphatic rings. The second kappa shape index (κ2) is 6.74. The van der Waals surface area contributed by atoms with Crippen LogP contribution in [0.4, 0.5) is 5.69 Å². The fourth-order valence-corrected chi connectivity index (χ4v) is 2.34. The summed E-state index contributed by atoms with van der Waals surface area (Å²) in [5, 5.41) is 1.79. The summed E-state index contributed by atoms with van der Waals surface area (Å²) in [6.45, 7) is 2.59. The highest BCUT2D eigenvalue weighted by molar-refractivity contribution is 7.99. The van der Waals surface area contributed by atoms with Crippen LogP contribution < -0.4 is 5.73 Å². The van der Waals surface area contributed by atoms with E-state index in [-0.39, 0.29) is 5.97 Å². The molecule has 5 heteroatoms. The third kappa shape index (κ3) is 4.13. The minimum absolute atomic E-state index is 0.302. The second-order valence-corrected chi connectivity index (χ2v) is 5.20. The summed E-state index contributed by atoms with van der Waals surface area (Å²) in [4.78, 5) is 12.0. The Morgan fingerprint density at radius 2 is 2.47 bits per heavy atom. The van der Waals surface area contributed by atoms with Crippen LogP contribution in [0, 0.1) is 0 Å². The van der Waals surface area contributed by atoms with Crippen molar-refractivity contribution in [1.82, 2.24) is 0 Å². The molecule has 0 aromatic carbocycles. The second-order valence-electron chi connectivity index (χ2n) is 2.89. The number of rotatable bonds is 6. The molecule has 15 heavy (non-hydrogen) atoms. The van der Waals surface area contributed by atoms with Crippen molar-refractivity contribution < 1.29 is 9.53 Å². The number of hydrogen-bond acceptors (Lipinski definition) is 5. The van der Waals surface area contributed by atoms with Gasteiger partial charge in [-0.25, -0.2) is 4.79 Å². The first-order valence-corrected chi connectivity index (χ1v) is 6.87. The van der Waals surface area contributed by atoms with E-state index in [0.717, 1.165) is 17.9 Å². The van der Waals surface area contributed by atoms with Gasteiger partial charge in [0.2, 0.25) is 0 Å². The fraction of sp³-hybridized carbons (Fsp3) is 0.500. The quantitative estimate of drug-likeness (QED) is 0.618. The molecule has 0 fully saturated rings. The zero-order valence-corrected chi connectivity index (χ0v) is 10.3. The number of carbonyl (C=O) groups is 1. The highest BCUT2D eigenvalue weighted by Crippen LogP contribution is 2.19. The van der Waals surface area contributed by atoms with Crippen molar-refractivity contribution in [1.29, 1.82) is 0 Å². The van der Waals surface area contributed by atoms with Crippen LogP contribution in [0.15, 0.2) is 11.4 Å². The van der Waals surface area contributed by atoms with Gasteiger partial charge < -0.3 is 10.5 Å². The molecule has 0 atom stereocenters. The fourth-order valence-electron chi connectivity index (χ4n) is 1.02. The van der Waals surface area contributed by atoms with Gasteiger partial charge in [0, 0.05) is 0 Å². The largest absolute Gasteiger partial charge is 0.461 e. The number of nitrogens with two attached hydrogens (primary N) is 1. The molecule has 84 valence electrons. The van der Waals surface area contributed by atoms with Gasteiger partial charge in [-0.15, -0.1) is 11.3 Å². The van der Waals surface area contributed by atoms with Crippen LogP contribution in [0.25, 0.3) is 0 Å². The van der Waals surface area contributed by atoms with E-state index < -0.39 is 0 Å². The Kier molecular flexibility index (Phi) is 5.57. The van der Waals surface area contributed by atoms with Gasteiger partial charge in [0.1, 0.15) is 4.88 Å². The van der Waals surface area contributed by atoms with Gasteiger partial charge in [-0.2, -0.15) is 11.8 Å². The van der Waals surface area contributed by atoms with Crippen LogP contribution in [0.2, 0.25) is 0 Å².